The number of para-hydroxylation sites is 1. The molecule has 1 aromatic heterocycles. The van der Waals surface area contributed by atoms with E-state index in [2.05, 4.69) is 5.32 Å². The molecule has 0 spiro atoms. The van der Waals surface area contributed by atoms with E-state index in [-0.39, 0.29) is 15.7 Å². The molecule has 6 rings (SSSR count). The van der Waals surface area contributed by atoms with Gasteiger partial charge < -0.3 is 5.32 Å². The number of carbonyl (C=O) groups is 3. The van der Waals surface area contributed by atoms with Crippen molar-refractivity contribution in [2.45, 2.75) is 28.9 Å². The standard InChI is InChI=1S/C29H18Cl2F3N3O4S2/c30-18-11-5-10-17(22(18)31)20-21-23(26(40)37(25(21)39)16-8-2-1-3-9-16)42-27-24(20)43-28(41)36(27)13-19(38)35-15-7-4-6-14(12-15)29(32,33)34/h1-12,20-21,23H,13H2,(H,35,38). The van der Waals surface area contributed by atoms with Gasteiger partial charge in [0.2, 0.25) is 17.7 Å². The predicted octanol–water partition coefficient (Wildman–Crippen LogP) is 6.67. The fraction of sp³-hybridized carbons (Fsp3) is 0.172. The van der Waals surface area contributed by atoms with Crippen molar-refractivity contribution in [1.29, 1.82) is 0 Å². The molecule has 1 N–H and O–H groups in total. The van der Waals surface area contributed by atoms with E-state index < -0.39 is 58.0 Å². The van der Waals surface area contributed by atoms with Gasteiger partial charge in [-0.25, -0.2) is 4.90 Å². The number of benzene rings is 3. The second kappa shape index (κ2) is 11.2. The van der Waals surface area contributed by atoms with Crippen LogP contribution in [0.25, 0.3) is 0 Å². The summed E-state index contributed by atoms with van der Waals surface area (Å²) in [5.41, 5.74) is -0.192. The lowest BCUT2D eigenvalue weighted by Crippen LogP contribution is -2.33. The Morgan fingerprint density at radius 3 is 2.37 bits per heavy atom. The van der Waals surface area contributed by atoms with Crippen LogP contribution in [0.15, 0.2) is 82.6 Å². The van der Waals surface area contributed by atoms with Gasteiger partial charge in [-0.2, -0.15) is 13.2 Å². The molecule has 2 aliphatic rings. The molecule has 0 aliphatic carbocycles. The van der Waals surface area contributed by atoms with Crippen molar-refractivity contribution < 1.29 is 27.6 Å². The number of amides is 3. The number of aromatic nitrogens is 1. The number of nitrogens with zero attached hydrogens (tertiary/aromatic N) is 2. The minimum absolute atomic E-state index is 0.0941. The molecular formula is C29H18Cl2F3N3O4S2. The third kappa shape index (κ3) is 5.26. The van der Waals surface area contributed by atoms with E-state index >= 15 is 0 Å². The first kappa shape index (κ1) is 29.5. The number of thioether (sulfide) groups is 1. The van der Waals surface area contributed by atoms with Gasteiger partial charge in [0.05, 0.1) is 32.2 Å². The van der Waals surface area contributed by atoms with Crippen LogP contribution in [0.2, 0.25) is 10.0 Å². The van der Waals surface area contributed by atoms with Crippen molar-refractivity contribution in [3.8, 4) is 0 Å². The van der Waals surface area contributed by atoms with Gasteiger partial charge in [0.25, 0.3) is 0 Å². The highest BCUT2D eigenvalue weighted by Gasteiger charge is 2.57. The second-order valence-corrected chi connectivity index (χ2v) is 12.7. The Balaban J connectivity index is 1.40. The molecule has 0 bridgehead atoms. The lowest BCUT2D eigenvalue weighted by Gasteiger charge is -2.31. The van der Waals surface area contributed by atoms with Crippen LogP contribution in [0.3, 0.4) is 0 Å². The molecule has 220 valence electrons. The topological polar surface area (TPSA) is 88.5 Å². The Bertz CT molecular complexity index is 1840. The molecule has 0 radical (unpaired) electrons. The van der Waals surface area contributed by atoms with Crippen LogP contribution in [0.4, 0.5) is 24.5 Å². The van der Waals surface area contributed by atoms with E-state index in [1.165, 1.54) is 6.07 Å². The second-order valence-electron chi connectivity index (χ2n) is 9.78. The average Bonchev–Trinajstić information content (AvgIpc) is 3.41. The zero-order valence-corrected chi connectivity index (χ0v) is 24.7. The third-order valence-corrected chi connectivity index (χ3v) is 10.6. The fourth-order valence-electron chi connectivity index (χ4n) is 5.30. The largest absolute Gasteiger partial charge is 0.416 e. The first-order chi connectivity index (χ1) is 20.5. The summed E-state index contributed by atoms with van der Waals surface area (Å²) < 4.78 is 40.6. The molecule has 3 aromatic carbocycles. The summed E-state index contributed by atoms with van der Waals surface area (Å²) in [5.74, 6) is -3.45. The quantitative estimate of drug-likeness (QED) is 0.241. The molecule has 7 nitrogen and oxygen atoms in total. The van der Waals surface area contributed by atoms with Gasteiger partial charge in [-0.1, -0.05) is 82.7 Å². The van der Waals surface area contributed by atoms with Gasteiger partial charge in [0.1, 0.15) is 11.8 Å². The molecule has 3 atom stereocenters. The number of hydrogen-bond donors (Lipinski definition) is 1. The third-order valence-electron chi connectivity index (χ3n) is 7.16. The van der Waals surface area contributed by atoms with Crippen molar-refractivity contribution in [3.05, 3.63) is 109 Å². The number of anilines is 2. The summed E-state index contributed by atoms with van der Waals surface area (Å²) in [6.07, 6.45) is -4.60. The molecule has 4 aromatic rings. The Kier molecular flexibility index (Phi) is 7.66. The highest BCUT2D eigenvalue weighted by atomic mass is 35.5. The van der Waals surface area contributed by atoms with E-state index in [4.69, 9.17) is 23.2 Å². The van der Waals surface area contributed by atoms with Crippen molar-refractivity contribution in [2.75, 3.05) is 10.2 Å². The van der Waals surface area contributed by atoms with Crippen molar-refractivity contribution in [3.63, 3.8) is 0 Å². The lowest BCUT2D eigenvalue weighted by atomic mass is 9.83. The highest BCUT2D eigenvalue weighted by molar-refractivity contribution is 8.00. The maximum absolute atomic E-state index is 13.9. The lowest BCUT2D eigenvalue weighted by molar-refractivity contribution is -0.137. The van der Waals surface area contributed by atoms with E-state index in [0.717, 1.165) is 50.8 Å². The van der Waals surface area contributed by atoms with Crippen LogP contribution in [-0.2, 0) is 27.1 Å². The summed E-state index contributed by atoms with van der Waals surface area (Å²) in [6.45, 7) is -0.536. The number of thiazole rings is 1. The smallest absolute Gasteiger partial charge is 0.325 e. The molecule has 2 aliphatic heterocycles. The zero-order valence-electron chi connectivity index (χ0n) is 21.6. The molecule has 1 saturated heterocycles. The normalized spacial score (nSPS) is 19.7. The van der Waals surface area contributed by atoms with Gasteiger partial charge >= 0.3 is 11.0 Å². The SMILES string of the molecule is O=C(Cn1c2c(sc1=O)C(c1cccc(Cl)c1Cl)C1C(=O)N(c3ccccc3)C(=O)C1S2)Nc1cccc(C(F)(F)F)c1. The number of hydrogen-bond acceptors (Lipinski definition) is 6. The maximum Gasteiger partial charge on any atom is 0.416 e. The first-order valence-electron chi connectivity index (χ1n) is 12.7. The Labute approximate surface area is 260 Å². The molecule has 1 fully saturated rings. The molecule has 3 amide bonds. The van der Waals surface area contributed by atoms with Crippen LogP contribution >= 0.6 is 46.3 Å². The highest BCUT2D eigenvalue weighted by Crippen LogP contribution is 2.55. The number of imide groups is 1. The monoisotopic (exact) mass is 663 g/mol. The van der Waals surface area contributed by atoms with E-state index in [1.807, 2.05) is 0 Å². The summed E-state index contributed by atoms with van der Waals surface area (Å²) >= 11 is 14.8. The van der Waals surface area contributed by atoms with Crippen LogP contribution in [0, 0.1) is 5.92 Å². The molecule has 14 heteroatoms. The summed E-state index contributed by atoms with van der Waals surface area (Å²) in [6, 6.07) is 17.5. The molecule has 43 heavy (non-hydrogen) atoms. The predicted molar refractivity (Wildman–Crippen MR) is 159 cm³/mol. The van der Waals surface area contributed by atoms with Gasteiger partial charge in [0.15, 0.2) is 0 Å². The van der Waals surface area contributed by atoms with Crippen LogP contribution in [0.1, 0.15) is 21.9 Å². The Morgan fingerprint density at radius 1 is 0.930 bits per heavy atom. The Hall–Kier alpha value is -3.58. The summed E-state index contributed by atoms with van der Waals surface area (Å²) in [7, 11) is 0. The molecule has 3 unspecified atom stereocenters. The molecule has 0 saturated carbocycles. The van der Waals surface area contributed by atoms with Crippen LogP contribution in [0.5, 0.6) is 0 Å². The number of nitrogens with one attached hydrogen (secondary N) is 1. The number of carbonyl (C=O) groups excluding carboxylic acids is 3. The molecule has 3 heterocycles. The number of rotatable bonds is 5. The first-order valence-corrected chi connectivity index (χ1v) is 15.1. The Morgan fingerprint density at radius 2 is 1.65 bits per heavy atom. The van der Waals surface area contributed by atoms with Crippen LogP contribution in [-0.4, -0.2) is 27.5 Å². The van der Waals surface area contributed by atoms with Crippen molar-refractivity contribution >= 4 is 75.4 Å². The maximum atomic E-state index is 13.9. The number of fused-ring (bicyclic) bond motifs is 2. The van der Waals surface area contributed by atoms with E-state index in [1.54, 1.807) is 48.5 Å². The average molecular weight is 665 g/mol. The number of halogens is 5. The van der Waals surface area contributed by atoms with Gasteiger partial charge in [0, 0.05) is 16.5 Å². The fourth-order valence-corrected chi connectivity index (χ4v) is 8.49. The van der Waals surface area contributed by atoms with Crippen molar-refractivity contribution in [1.82, 2.24) is 4.57 Å². The minimum Gasteiger partial charge on any atom is -0.325 e. The summed E-state index contributed by atoms with van der Waals surface area (Å²) in [5, 5.41) is 2.14. The minimum atomic E-state index is -4.60. The van der Waals surface area contributed by atoms with E-state index in [9.17, 15) is 32.3 Å². The van der Waals surface area contributed by atoms with Crippen LogP contribution < -0.4 is 15.1 Å². The van der Waals surface area contributed by atoms with Gasteiger partial charge in [-0.15, -0.1) is 0 Å². The zero-order chi connectivity index (χ0) is 30.6. The van der Waals surface area contributed by atoms with Gasteiger partial charge in [-0.3, -0.25) is 23.7 Å². The summed E-state index contributed by atoms with van der Waals surface area (Å²) in [4.78, 5) is 54.9. The number of alkyl halides is 3. The van der Waals surface area contributed by atoms with E-state index in [0.29, 0.717) is 21.2 Å². The molecular weight excluding hydrogens is 646 g/mol. The van der Waals surface area contributed by atoms with Gasteiger partial charge in [-0.05, 0) is 42.0 Å². The van der Waals surface area contributed by atoms with Crippen molar-refractivity contribution in [2.24, 2.45) is 5.92 Å².